The van der Waals surface area contributed by atoms with Gasteiger partial charge in [-0.15, -0.1) is 0 Å². The molecule has 0 aliphatic carbocycles. The first kappa shape index (κ1) is 16.4. The Bertz CT molecular complexity index is 606. The van der Waals surface area contributed by atoms with Crippen molar-refractivity contribution in [3.8, 4) is 0 Å². The Kier molecular flexibility index (Phi) is 4.66. The number of benzene rings is 1. The molecule has 6 nitrogen and oxygen atoms in total. The first-order valence-electron chi connectivity index (χ1n) is 5.06. The average molecular weight is 415 g/mol. The van der Waals surface area contributed by atoms with Gasteiger partial charge in [0.1, 0.15) is 10.4 Å². The van der Waals surface area contributed by atoms with E-state index in [4.69, 9.17) is 11.5 Å². The van der Waals surface area contributed by atoms with Crippen molar-refractivity contribution in [3.63, 3.8) is 0 Å². The molecule has 0 bridgehead atoms. The number of amides is 1. The fraction of sp³-hybridized carbons (Fsp3) is 0.300. The molecule has 0 saturated heterocycles. The molecule has 1 aromatic carbocycles. The van der Waals surface area contributed by atoms with Crippen LogP contribution in [0.5, 0.6) is 0 Å². The highest BCUT2D eigenvalue weighted by Crippen LogP contribution is 2.32. The standard InChI is InChI=1S/C10H13Br2N3O3S/c1-10(2,9(14)16)15-19(17,18)8-6(12)3-5(11)4-7(8)13/h3-4,15H,13H2,1-2H3,(H2,14,16). The second kappa shape index (κ2) is 5.39. The number of nitrogen functional groups attached to an aromatic ring is 1. The number of sulfonamides is 1. The minimum absolute atomic E-state index is 0.0500. The van der Waals surface area contributed by atoms with Crippen molar-refractivity contribution >= 4 is 53.5 Å². The van der Waals surface area contributed by atoms with Crippen molar-refractivity contribution in [2.24, 2.45) is 5.73 Å². The smallest absolute Gasteiger partial charge is 0.244 e. The molecule has 0 spiro atoms. The summed E-state index contributed by atoms with van der Waals surface area (Å²) in [7, 11) is -3.98. The summed E-state index contributed by atoms with van der Waals surface area (Å²) in [6, 6.07) is 3.00. The van der Waals surface area contributed by atoms with E-state index in [1.165, 1.54) is 19.9 Å². The largest absolute Gasteiger partial charge is 0.398 e. The van der Waals surface area contributed by atoms with Gasteiger partial charge in [0.15, 0.2) is 0 Å². The van der Waals surface area contributed by atoms with Crippen molar-refractivity contribution in [3.05, 3.63) is 21.1 Å². The zero-order valence-electron chi connectivity index (χ0n) is 10.2. The molecular formula is C10H13Br2N3O3S. The van der Waals surface area contributed by atoms with Crippen LogP contribution in [0.1, 0.15) is 13.8 Å². The van der Waals surface area contributed by atoms with Gasteiger partial charge >= 0.3 is 0 Å². The lowest BCUT2D eigenvalue weighted by atomic mass is 10.1. The number of nitrogens with two attached hydrogens (primary N) is 2. The molecule has 1 rings (SSSR count). The number of halogens is 2. The Balaban J connectivity index is 3.34. The normalized spacial score (nSPS) is 12.4. The number of carbonyl (C=O) groups excluding carboxylic acids is 1. The summed E-state index contributed by atoms with van der Waals surface area (Å²) in [6.45, 7) is 2.74. The third-order valence-electron chi connectivity index (χ3n) is 2.31. The molecule has 19 heavy (non-hydrogen) atoms. The fourth-order valence-corrected chi connectivity index (χ4v) is 4.76. The first-order valence-corrected chi connectivity index (χ1v) is 8.12. The highest BCUT2D eigenvalue weighted by Gasteiger charge is 2.33. The van der Waals surface area contributed by atoms with E-state index in [-0.39, 0.29) is 15.1 Å². The first-order chi connectivity index (χ1) is 8.47. The molecule has 0 saturated carbocycles. The lowest BCUT2D eigenvalue weighted by Gasteiger charge is -2.23. The van der Waals surface area contributed by atoms with Crippen LogP contribution in [0.4, 0.5) is 5.69 Å². The number of anilines is 1. The van der Waals surface area contributed by atoms with Crippen LogP contribution in [0, 0.1) is 0 Å². The topological polar surface area (TPSA) is 115 Å². The quantitative estimate of drug-likeness (QED) is 0.644. The molecular weight excluding hydrogens is 402 g/mol. The highest BCUT2D eigenvalue weighted by molar-refractivity contribution is 9.11. The minimum atomic E-state index is -3.98. The lowest BCUT2D eigenvalue weighted by Crippen LogP contribution is -2.52. The number of rotatable bonds is 4. The van der Waals surface area contributed by atoms with E-state index < -0.39 is 21.5 Å². The van der Waals surface area contributed by atoms with Crippen LogP contribution in [-0.4, -0.2) is 19.9 Å². The van der Waals surface area contributed by atoms with Gasteiger partial charge in [-0.2, -0.15) is 4.72 Å². The molecule has 0 radical (unpaired) electrons. The van der Waals surface area contributed by atoms with Crippen LogP contribution in [0.2, 0.25) is 0 Å². The van der Waals surface area contributed by atoms with Gasteiger partial charge in [-0.1, -0.05) is 15.9 Å². The summed E-state index contributed by atoms with van der Waals surface area (Å²) >= 11 is 6.33. The molecule has 0 aromatic heterocycles. The molecule has 0 heterocycles. The van der Waals surface area contributed by atoms with Crippen LogP contribution >= 0.6 is 31.9 Å². The Hall–Kier alpha value is -0.640. The van der Waals surface area contributed by atoms with E-state index in [2.05, 4.69) is 36.6 Å². The van der Waals surface area contributed by atoms with Gasteiger partial charge in [0.05, 0.1) is 5.69 Å². The molecule has 0 unspecified atom stereocenters. The van der Waals surface area contributed by atoms with E-state index in [1.54, 1.807) is 6.07 Å². The average Bonchev–Trinajstić information content (AvgIpc) is 2.12. The van der Waals surface area contributed by atoms with Crippen LogP contribution < -0.4 is 16.2 Å². The van der Waals surface area contributed by atoms with Gasteiger partial charge in [-0.25, -0.2) is 8.42 Å². The van der Waals surface area contributed by atoms with E-state index in [1.807, 2.05) is 0 Å². The third kappa shape index (κ3) is 3.68. The molecule has 1 amide bonds. The zero-order chi connectivity index (χ0) is 15.0. The summed E-state index contributed by atoms with van der Waals surface area (Å²) in [5, 5.41) is 0. The Morgan fingerprint density at radius 2 is 1.84 bits per heavy atom. The predicted octanol–water partition coefficient (Wildman–Crippen LogP) is 1.34. The molecule has 106 valence electrons. The number of primary amides is 1. The van der Waals surface area contributed by atoms with E-state index in [9.17, 15) is 13.2 Å². The summed E-state index contributed by atoms with van der Waals surface area (Å²) < 4.78 is 27.7. The van der Waals surface area contributed by atoms with Crippen molar-refractivity contribution in [2.45, 2.75) is 24.3 Å². The molecule has 0 aliphatic rings. The molecule has 0 atom stereocenters. The van der Waals surface area contributed by atoms with Crippen LogP contribution in [-0.2, 0) is 14.8 Å². The van der Waals surface area contributed by atoms with Crippen molar-refractivity contribution in [1.82, 2.24) is 4.72 Å². The van der Waals surface area contributed by atoms with Crippen molar-refractivity contribution in [2.75, 3.05) is 5.73 Å². The maximum atomic E-state index is 12.3. The SMILES string of the molecule is CC(C)(NS(=O)(=O)c1c(N)cc(Br)cc1Br)C(N)=O. The molecule has 9 heteroatoms. The molecule has 0 fully saturated rings. The fourth-order valence-electron chi connectivity index (χ4n) is 1.30. The summed E-state index contributed by atoms with van der Waals surface area (Å²) in [6.07, 6.45) is 0. The van der Waals surface area contributed by atoms with Gasteiger partial charge in [0.25, 0.3) is 0 Å². The van der Waals surface area contributed by atoms with Gasteiger partial charge < -0.3 is 11.5 Å². The maximum Gasteiger partial charge on any atom is 0.244 e. The van der Waals surface area contributed by atoms with E-state index in [0.717, 1.165) is 0 Å². The van der Waals surface area contributed by atoms with Crippen molar-refractivity contribution < 1.29 is 13.2 Å². The van der Waals surface area contributed by atoms with Gasteiger partial charge in [-0.05, 0) is 41.9 Å². The highest BCUT2D eigenvalue weighted by atomic mass is 79.9. The van der Waals surface area contributed by atoms with Crippen LogP contribution in [0.3, 0.4) is 0 Å². The Morgan fingerprint density at radius 3 is 2.26 bits per heavy atom. The Morgan fingerprint density at radius 1 is 1.32 bits per heavy atom. The summed E-state index contributed by atoms with van der Waals surface area (Å²) in [4.78, 5) is 11.1. The number of carbonyl (C=O) groups is 1. The summed E-state index contributed by atoms with van der Waals surface area (Å²) in [5.74, 6) is -0.789. The van der Waals surface area contributed by atoms with Gasteiger partial charge in [-0.3, -0.25) is 4.79 Å². The van der Waals surface area contributed by atoms with Crippen LogP contribution in [0.15, 0.2) is 26.0 Å². The number of hydrogen-bond donors (Lipinski definition) is 3. The predicted molar refractivity (Wildman–Crippen MR) is 79.8 cm³/mol. The maximum absolute atomic E-state index is 12.3. The number of hydrogen-bond acceptors (Lipinski definition) is 4. The third-order valence-corrected chi connectivity index (χ3v) is 5.43. The van der Waals surface area contributed by atoms with E-state index in [0.29, 0.717) is 4.47 Å². The summed E-state index contributed by atoms with van der Waals surface area (Å²) in [5.41, 5.74) is 9.48. The minimum Gasteiger partial charge on any atom is -0.398 e. The second-order valence-corrected chi connectivity index (χ2v) is 7.79. The Labute approximate surface area is 128 Å². The van der Waals surface area contributed by atoms with Gasteiger partial charge in [0, 0.05) is 8.95 Å². The lowest BCUT2D eigenvalue weighted by molar-refractivity contribution is -0.122. The van der Waals surface area contributed by atoms with Crippen LogP contribution in [0.25, 0.3) is 0 Å². The monoisotopic (exact) mass is 413 g/mol. The molecule has 0 aliphatic heterocycles. The zero-order valence-corrected chi connectivity index (χ0v) is 14.2. The van der Waals surface area contributed by atoms with Crippen molar-refractivity contribution in [1.29, 1.82) is 0 Å². The number of nitrogens with one attached hydrogen (secondary N) is 1. The second-order valence-electron chi connectivity index (χ2n) is 4.40. The van der Waals surface area contributed by atoms with Gasteiger partial charge in [0.2, 0.25) is 15.9 Å². The molecule has 1 aromatic rings. The van der Waals surface area contributed by atoms with E-state index >= 15 is 0 Å². The molecule has 5 N–H and O–H groups in total.